The predicted octanol–water partition coefficient (Wildman–Crippen LogP) is 5.23. The Bertz CT molecular complexity index is 948. The minimum Gasteiger partial charge on any atom is -0.489 e. The summed E-state index contributed by atoms with van der Waals surface area (Å²) in [6, 6.07) is 20.1. The molecule has 2 aromatic carbocycles. The number of hydrogen-bond donors (Lipinski definition) is 2. The zero-order chi connectivity index (χ0) is 18.6. The van der Waals surface area contributed by atoms with Gasteiger partial charge in [-0.15, -0.1) is 0 Å². The van der Waals surface area contributed by atoms with Crippen LogP contribution in [0.5, 0.6) is 5.75 Å². The molecule has 0 saturated carbocycles. The number of ether oxygens (including phenoxy) is 1. The molecule has 0 amide bonds. The number of nitrogens with one attached hydrogen (secondary N) is 2. The summed E-state index contributed by atoms with van der Waals surface area (Å²) in [5.41, 5.74) is 1.99. The summed E-state index contributed by atoms with van der Waals surface area (Å²) in [6.45, 7) is 8.47. The van der Waals surface area contributed by atoms with Crippen LogP contribution in [-0.4, -0.2) is 0 Å². The summed E-state index contributed by atoms with van der Waals surface area (Å²) < 4.78 is 11.5. The minimum atomic E-state index is -0.108. The lowest BCUT2D eigenvalue weighted by Gasteiger charge is -2.11. The Morgan fingerprint density at radius 2 is 1.78 bits per heavy atom. The van der Waals surface area contributed by atoms with Crippen LogP contribution in [0.15, 0.2) is 106 Å². The highest BCUT2D eigenvalue weighted by molar-refractivity contribution is 7.99. The van der Waals surface area contributed by atoms with Crippen LogP contribution in [0.4, 0.5) is 0 Å². The van der Waals surface area contributed by atoms with Crippen LogP contribution in [0.2, 0.25) is 0 Å². The maximum atomic E-state index is 5.85. The minimum absolute atomic E-state index is 0.108. The van der Waals surface area contributed by atoms with E-state index in [0.717, 1.165) is 38.4 Å². The first-order valence-corrected chi connectivity index (χ1v) is 9.44. The maximum Gasteiger partial charge on any atom is 0.145 e. The van der Waals surface area contributed by atoms with Gasteiger partial charge in [0.25, 0.3) is 0 Å². The van der Waals surface area contributed by atoms with E-state index in [4.69, 9.17) is 9.15 Å². The van der Waals surface area contributed by atoms with Gasteiger partial charge >= 0.3 is 0 Å². The van der Waals surface area contributed by atoms with Crippen molar-refractivity contribution < 1.29 is 9.15 Å². The number of benzene rings is 2. The van der Waals surface area contributed by atoms with E-state index < -0.39 is 0 Å². The molecule has 0 bridgehead atoms. The van der Waals surface area contributed by atoms with E-state index in [9.17, 15) is 0 Å². The molecule has 27 heavy (non-hydrogen) atoms. The Morgan fingerprint density at radius 1 is 1.00 bits per heavy atom. The van der Waals surface area contributed by atoms with Gasteiger partial charge in [-0.1, -0.05) is 55.3 Å². The quantitative estimate of drug-likeness (QED) is 0.617. The summed E-state index contributed by atoms with van der Waals surface area (Å²) in [6.07, 6.45) is 1.70. The fourth-order valence-corrected chi connectivity index (χ4v) is 3.78. The van der Waals surface area contributed by atoms with Crippen molar-refractivity contribution >= 4 is 11.8 Å². The first kappa shape index (κ1) is 17.4. The Balaban J connectivity index is 1.41. The molecule has 4 rings (SSSR count). The average Bonchev–Trinajstić information content (AvgIpc) is 3.27. The molecule has 1 unspecified atom stereocenters. The van der Waals surface area contributed by atoms with Crippen LogP contribution in [0, 0.1) is 0 Å². The van der Waals surface area contributed by atoms with Crippen molar-refractivity contribution in [3.05, 3.63) is 103 Å². The normalized spacial score (nSPS) is 16.1. The zero-order valence-corrected chi connectivity index (χ0v) is 15.6. The van der Waals surface area contributed by atoms with E-state index in [0.29, 0.717) is 6.61 Å². The van der Waals surface area contributed by atoms with Crippen LogP contribution >= 0.6 is 11.8 Å². The fourth-order valence-electron chi connectivity index (χ4n) is 2.86. The number of hydrogen-bond acceptors (Lipinski definition) is 5. The van der Waals surface area contributed by atoms with Crippen molar-refractivity contribution in [2.75, 3.05) is 0 Å². The molecule has 2 heterocycles. The Morgan fingerprint density at radius 3 is 2.48 bits per heavy atom. The topological polar surface area (TPSA) is 46.4 Å². The van der Waals surface area contributed by atoms with E-state index in [2.05, 4.69) is 48.1 Å². The van der Waals surface area contributed by atoms with Crippen molar-refractivity contribution in [1.29, 1.82) is 0 Å². The van der Waals surface area contributed by atoms with Gasteiger partial charge < -0.3 is 19.8 Å². The second-order valence-electron chi connectivity index (χ2n) is 6.20. The second kappa shape index (κ2) is 7.68. The summed E-state index contributed by atoms with van der Waals surface area (Å²) in [4.78, 5) is 2.16. The third-order valence-corrected chi connectivity index (χ3v) is 5.26. The Kier molecular flexibility index (Phi) is 4.94. The van der Waals surface area contributed by atoms with Crippen LogP contribution in [0.1, 0.15) is 17.4 Å². The van der Waals surface area contributed by atoms with Gasteiger partial charge in [0.05, 0.1) is 17.0 Å². The Labute approximate surface area is 162 Å². The van der Waals surface area contributed by atoms with Crippen LogP contribution in [0.25, 0.3) is 0 Å². The lowest BCUT2D eigenvalue weighted by molar-refractivity contribution is 0.306. The molecule has 1 atom stereocenters. The van der Waals surface area contributed by atoms with E-state index in [-0.39, 0.29) is 6.04 Å². The maximum absolute atomic E-state index is 5.85. The molecule has 136 valence electrons. The third kappa shape index (κ3) is 4.04. The average molecular weight is 376 g/mol. The van der Waals surface area contributed by atoms with Crippen LogP contribution < -0.4 is 15.4 Å². The Hall–Kier alpha value is -3.05. The van der Waals surface area contributed by atoms with Gasteiger partial charge in [-0.05, 0) is 35.9 Å². The predicted molar refractivity (Wildman–Crippen MR) is 107 cm³/mol. The van der Waals surface area contributed by atoms with E-state index in [1.165, 1.54) is 0 Å². The molecule has 5 heteroatoms. The molecular weight excluding hydrogens is 356 g/mol. The van der Waals surface area contributed by atoms with E-state index in [1.807, 2.05) is 36.4 Å². The van der Waals surface area contributed by atoms with Gasteiger partial charge in [-0.3, -0.25) is 0 Å². The van der Waals surface area contributed by atoms with Crippen molar-refractivity contribution in [2.24, 2.45) is 0 Å². The monoisotopic (exact) mass is 376 g/mol. The van der Waals surface area contributed by atoms with Crippen molar-refractivity contribution in [3.8, 4) is 5.75 Å². The molecular formula is C22H20N2O2S. The molecule has 2 N–H and O–H groups in total. The second-order valence-corrected chi connectivity index (χ2v) is 7.32. The molecule has 0 spiro atoms. The molecule has 1 aliphatic rings. The smallest absolute Gasteiger partial charge is 0.145 e. The summed E-state index contributed by atoms with van der Waals surface area (Å²) >= 11 is 1.65. The number of furan rings is 1. The summed E-state index contributed by atoms with van der Waals surface area (Å²) in [5, 5.41) is 6.34. The number of rotatable bonds is 6. The highest BCUT2D eigenvalue weighted by Gasteiger charge is 2.27. The van der Waals surface area contributed by atoms with Crippen molar-refractivity contribution in [1.82, 2.24) is 10.6 Å². The van der Waals surface area contributed by atoms with Crippen LogP contribution in [0.3, 0.4) is 0 Å². The summed E-state index contributed by atoms with van der Waals surface area (Å²) in [7, 11) is 0. The van der Waals surface area contributed by atoms with E-state index in [1.54, 1.807) is 18.0 Å². The van der Waals surface area contributed by atoms with Gasteiger partial charge in [0, 0.05) is 10.6 Å². The van der Waals surface area contributed by atoms with Crippen molar-refractivity contribution in [3.63, 3.8) is 0 Å². The SMILES string of the molecule is C=C1NC(=C)C(c2occc2Sc2ccc(OCc3ccccc3)cc2)N1. The lowest BCUT2D eigenvalue weighted by atomic mass is 10.2. The third-order valence-electron chi connectivity index (χ3n) is 4.20. The highest BCUT2D eigenvalue weighted by atomic mass is 32.2. The first-order valence-electron chi connectivity index (χ1n) is 8.62. The molecule has 0 aliphatic carbocycles. The van der Waals surface area contributed by atoms with Gasteiger partial charge in [0.2, 0.25) is 0 Å². The standard InChI is InChI=1S/C22H20N2O2S/c1-15-21(24-16(2)23-15)22-20(12-13-25-22)27-19-10-8-18(9-11-19)26-14-17-6-4-3-5-7-17/h3-13,21,23-24H,1-2,14H2. The van der Waals surface area contributed by atoms with Crippen LogP contribution in [-0.2, 0) is 6.61 Å². The van der Waals surface area contributed by atoms with Gasteiger partial charge in [0.1, 0.15) is 24.2 Å². The first-order chi connectivity index (χ1) is 13.2. The summed E-state index contributed by atoms with van der Waals surface area (Å²) in [5.74, 6) is 2.42. The zero-order valence-electron chi connectivity index (χ0n) is 14.8. The van der Waals surface area contributed by atoms with Gasteiger partial charge in [-0.2, -0.15) is 0 Å². The molecule has 4 nitrogen and oxygen atoms in total. The lowest BCUT2D eigenvalue weighted by Crippen LogP contribution is -2.12. The van der Waals surface area contributed by atoms with E-state index >= 15 is 0 Å². The largest absolute Gasteiger partial charge is 0.489 e. The van der Waals surface area contributed by atoms with Gasteiger partial charge in [0.15, 0.2) is 0 Å². The molecule has 3 aromatic rings. The van der Waals surface area contributed by atoms with Gasteiger partial charge in [-0.25, -0.2) is 0 Å². The fraction of sp³-hybridized carbons (Fsp3) is 0.0909. The highest BCUT2D eigenvalue weighted by Crippen LogP contribution is 2.37. The molecule has 1 fully saturated rings. The molecule has 1 aromatic heterocycles. The molecule has 1 aliphatic heterocycles. The van der Waals surface area contributed by atoms with Crippen molar-refractivity contribution in [2.45, 2.75) is 22.4 Å². The molecule has 1 saturated heterocycles. The molecule has 0 radical (unpaired) electrons.